The average Bonchev–Trinajstić information content (AvgIpc) is 2.65. The van der Waals surface area contributed by atoms with Crippen LogP contribution in [0.15, 0.2) is 22.6 Å². The van der Waals surface area contributed by atoms with Crippen LogP contribution >= 0.6 is 0 Å². The highest BCUT2D eigenvalue weighted by Gasteiger charge is 2.14. The third-order valence-electron chi connectivity index (χ3n) is 2.64. The molecule has 0 spiro atoms. The number of carbonyl (C=O) groups excluding carboxylic acids is 2. The van der Waals surface area contributed by atoms with E-state index in [9.17, 15) is 9.59 Å². The van der Waals surface area contributed by atoms with Gasteiger partial charge in [0.15, 0.2) is 11.5 Å². The van der Waals surface area contributed by atoms with E-state index < -0.39 is 0 Å². The van der Waals surface area contributed by atoms with Crippen LogP contribution in [0.5, 0.6) is 0 Å². The fraction of sp³-hybridized carbons (Fsp3) is 0.308. The molecule has 0 atom stereocenters. The normalized spacial score (nSPS) is 10.6. The van der Waals surface area contributed by atoms with Crippen LogP contribution in [0.25, 0.3) is 11.1 Å². The smallest absolute Gasteiger partial charge is 0.234 e. The van der Waals surface area contributed by atoms with Crippen LogP contribution in [-0.2, 0) is 9.59 Å². The number of Topliss-reactive ketones (excluding diaryl/α,β-unsaturated/α-hetero) is 1. The summed E-state index contributed by atoms with van der Waals surface area (Å²) in [5, 5.41) is 0. The molecule has 0 aliphatic heterocycles. The van der Waals surface area contributed by atoms with Gasteiger partial charge in [0.05, 0.1) is 6.42 Å². The molecule has 18 heavy (non-hydrogen) atoms. The van der Waals surface area contributed by atoms with E-state index in [1.165, 1.54) is 11.8 Å². The first-order chi connectivity index (χ1) is 8.47. The minimum absolute atomic E-state index is 0.0909. The van der Waals surface area contributed by atoms with Gasteiger partial charge in [-0.2, -0.15) is 0 Å². The Balaban J connectivity index is 2.29. The van der Waals surface area contributed by atoms with E-state index in [1.54, 1.807) is 32.2 Å². The van der Waals surface area contributed by atoms with Crippen molar-refractivity contribution < 1.29 is 14.0 Å². The molecule has 5 heteroatoms. The molecule has 0 fully saturated rings. The summed E-state index contributed by atoms with van der Waals surface area (Å²) in [6, 6.07) is 5.30. The summed E-state index contributed by atoms with van der Waals surface area (Å²) in [4.78, 5) is 28.3. The summed E-state index contributed by atoms with van der Waals surface area (Å²) in [5.74, 6) is 0.201. The molecule has 0 aliphatic rings. The summed E-state index contributed by atoms with van der Waals surface area (Å²) in [5.41, 5.74) is 2.08. The Morgan fingerprint density at radius 2 is 2.11 bits per heavy atom. The van der Waals surface area contributed by atoms with Gasteiger partial charge in [-0.25, -0.2) is 4.98 Å². The van der Waals surface area contributed by atoms with Gasteiger partial charge in [-0.1, -0.05) is 0 Å². The Bertz CT molecular complexity index is 616. The molecular formula is C13H14N2O3. The number of nitrogens with zero attached hydrogens (tertiary/aromatic N) is 2. The topological polar surface area (TPSA) is 63.4 Å². The summed E-state index contributed by atoms with van der Waals surface area (Å²) in [6.45, 7) is 3.17. The summed E-state index contributed by atoms with van der Waals surface area (Å²) < 4.78 is 5.36. The van der Waals surface area contributed by atoms with Crippen molar-refractivity contribution in [2.45, 2.75) is 20.3 Å². The maximum Gasteiger partial charge on any atom is 0.234 e. The number of aryl methyl sites for hydroxylation is 1. The number of aromatic nitrogens is 1. The number of hydrogen-bond acceptors (Lipinski definition) is 4. The molecule has 0 radical (unpaired) electrons. The molecule has 0 unspecified atom stereocenters. The lowest BCUT2D eigenvalue weighted by Gasteiger charge is -2.16. The molecule has 1 amide bonds. The fourth-order valence-electron chi connectivity index (χ4n) is 1.72. The van der Waals surface area contributed by atoms with Crippen LogP contribution in [0.2, 0.25) is 0 Å². The van der Waals surface area contributed by atoms with Crippen molar-refractivity contribution in [1.82, 2.24) is 4.98 Å². The van der Waals surface area contributed by atoms with Crippen molar-refractivity contribution in [3.63, 3.8) is 0 Å². The quantitative estimate of drug-likeness (QED) is 0.778. The van der Waals surface area contributed by atoms with E-state index in [0.29, 0.717) is 22.7 Å². The van der Waals surface area contributed by atoms with Crippen molar-refractivity contribution >= 4 is 28.5 Å². The van der Waals surface area contributed by atoms with Gasteiger partial charge in [-0.3, -0.25) is 9.59 Å². The molecule has 0 saturated heterocycles. The molecule has 0 aliphatic carbocycles. The second kappa shape index (κ2) is 4.60. The Labute approximate surface area is 104 Å². The van der Waals surface area contributed by atoms with Gasteiger partial charge in [-0.05, 0) is 25.1 Å². The zero-order chi connectivity index (χ0) is 13.3. The minimum Gasteiger partial charge on any atom is -0.441 e. The number of ketones is 1. The third kappa shape index (κ3) is 2.40. The van der Waals surface area contributed by atoms with Gasteiger partial charge < -0.3 is 9.32 Å². The van der Waals surface area contributed by atoms with Gasteiger partial charge >= 0.3 is 0 Å². The summed E-state index contributed by atoms with van der Waals surface area (Å²) >= 11 is 0. The number of carbonyl (C=O) groups is 2. The van der Waals surface area contributed by atoms with E-state index in [-0.39, 0.29) is 18.1 Å². The Hall–Kier alpha value is -2.17. The van der Waals surface area contributed by atoms with E-state index in [1.807, 2.05) is 0 Å². The Morgan fingerprint density at radius 3 is 2.78 bits per heavy atom. The average molecular weight is 246 g/mol. The van der Waals surface area contributed by atoms with Gasteiger partial charge in [0.2, 0.25) is 5.91 Å². The molecule has 2 rings (SSSR count). The molecule has 94 valence electrons. The minimum atomic E-state index is -0.234. The molecule has 1 aromatic carbocycles. The van der Waals surface area contributed by atoms with Crippen molar-refractivity contribution in [3.8, 4) is 0 Å². The van der Waals surface area contributed by atoms with E-state index in [2.05, 4.69) is 4.98 Å². The van der Waals surface area contributed by atoms with Crippen LogP contribution in [0.4, 0.5) is 5.69 Å². The summed E-state index contributed by atoms with van der Waals surface area (Å²) in [6.07, 6.45) is -0.0909. The number of benzene rings is 1. The van der Waals surface area contributed by atoms with Gasteiger partial charge in [0.25, 0.3) is 0 Å². The fourth-order valence-corrected chi connectivity index (χ4v) is 1.72. The first-order valence-corrected chi connectivity index (χ1v) is 5.60. The van der Waals surface area contributed by atoms with Crippen LogP contribution < -0.4 is 4.90 Å². The highest BCUT2D eigenvalue weighted by atomic mass is 16.3. The summed E-state index contributed by atoms with van der Waals surface area (Å²) in [7, 11) is 1.64. The number of hydrogen-bond donors (Lipinski definition) is 0. The largest absolute Gasteiger partial charge is 0.441 e. The predicted molar refractivity (Wildman–Crippen MR) is 67.5 cm³/mol. The van der Waals surface area contributed by atoms with Gasteiger partial charge in [0.1, 0.15) is 11.3 Å². The number of anilines is 1. The van der Waals surface area contributed by atoms with Crippen LogP contribution in [0.1, 0.15) is 19.2 Å². The molecule has 2 aromatic rings. The monoisotopic (exact) mass is 246 g/mol. The Morgan fingerprint density at radius 1 is 1.39 bits per heavy atom. The molecule has 5 nitrogen and oxygen atoms in total. The maximum absolute atomic E-state index is 11.8. The second-order valence-corrected chi connectivity index (χ2v) is 4.22. The standard InChI is InChI=1S/C13H14N2O3/c1-8(16)6-13(17)15(3)10-4-5-12-11(7-10)14-9(2)18-12/h4-5,7H,6H2,1-3H3. The van der Waals surface area contributed by atoms with Crippen molar-refractivity contribution in [3.05, 3.63) is 24.1 Å². The highest BCUT2D eigenvalue weighted by molar-refractivity contribution is 6.05. The van der Waals surface area contributed by atoms with Crippen molar-refractivity contribution in [2.75, 3.05) is 11.9 Å². The number of rotatable bonds is 3. The van der Waals surface area contributed by atoms with Crippen molar-refractivity contribution in [2.24, 2.45) is 0 Å². The maximum atomic E-state index is 11.8. The van der Waals surface area contributed by atoms with Gasteiger partial charge in [-0.15, -0.1) is 0 Å². The lowest BCUT2D eigenvalue weighted by atomic mass is 10.2. The van der Waals surface area contributed by atoms with E-state index in [0.717, 1.165) is 0 Å². The van der Waals surface area contributed by atoms with Crippen LogP contribution in [0, 0.1) is 6.92 Å². The van der Waals surface area contributed by atoms with Gasteiger partial charge in [0, 0.05) is 19.7 Å². The number of amides is 1. The molecular weight excluding hydrogens is 232 g/mol. The molecule has 0 bridgehead atoms. The lowest BCUT2D eigenvalue weighted by Crippen LogP contribution is -2.27. The first-order valence-electron chi connectivity index (χ1n) is 5.60. The predicted octanol–water partition coefficient (Wildman–Crippen LogP) is 2.08. The number of fused-ring (bicyclic) bond motifs is 1. The zero-order valence-electron chi connectivity index (χ0n) is 10.6. The molecule has 1 aromatic heterocycles. The molecule has 0 N–H and O–H groups in total. The van der Waals surface area contributed by atoms with Crippen molar-refractivity contribution in [1.29, 1.82) is 0 Å². The first kappa shape index (κ1) is 12.3. The van der Waals surface area contributed by atoms with E-state index in [4.69, 9.17) is 4.42 Å². The Kier molecular flexibility index (Phi) is 3.14. The SMILES string of the molecule is CC(=O)CC(=O)N(C)c1ccc2oc(C)nc2c1. The number of oxazole rings is 1. The molecule has 1 heterocycles. The van der Waals surface area contributed by atoms with Crippen LogP contribution in [-0.4, -0.2) is 23.7 Å². The van der Waals surface area contributed by atoms with Crippen LogP contribution in [0.3, 0.4) is 0 Å². The second-order valence-electron chi connectivity index (χ2n) is 4.22. The third-order valence-corrected chi connectivity index (χ3v) is 2.64. The highest BCUT2D eigenvalue weighted by Crippen LogP contribution is 2.22. The van der Waals surface area contributed by atoms with E-state index >= 15 is 0 Å². The zero-order valence-corrected chi connectivity index (χ0v) is 10.6. The molecule has 0 saturated carbocycles. The lowest BCUT2D eigenvalue weighted by molar-refractivity contribution is -0.125.